The molecule has 0 heterocycles. The van der Waals surface area contributed by atoms with Gasteiger partial charge < -0.3 is 0 Å². The van der Waals surface area contributed by atoms with Crippen LogP contribution in [0.1, 0.15) is 46.5 Å². The average Bonchev–Trinajstić information content (AvgIpc) is 2.02. The van der Waals surface area contributed by atoms with Crippen molar-refractivity contribution in [1.82, 2.24) is 0 Å². The largest absolute Gasteiger partial charge is 0.0891 e. The van der Waals surface area contributed by atoms with Crippen LogP contribution in [0.15, 0.2) is 0 Å². The summed E-state index contributed by atoms with van der Waals surface area (Å²) >= 11 is 0. The summed E-state index contributed by atoms with van der Waals surface area (Å²) in [6.45, 7) is 6.55. The van der Waals surface area contributed by atoms with Crippen LogP contribution in [-0.2, 0) is 0 Å². The van der Waals surface area contributed by atoms with Crippen LogP contribution < -0.4 is 0 Å². The standard InChI is InChI=1S/C12H18/c1-4-5-6-7-8-9-10-11-12(2)3/h12H,4-5,10-11H2,1-3H3. The molecule has 0 aliphatic rings. The van der Waals surface area contributed by atoms with Crippen LogP contribution in [0.3, 0.4) is 0 Å². The zero-order chi connectivity index (χ0) is 9.23. The molecule has 0 heteroatoms. The van der Waals surface area contributed by atoms with Gasteiger partial charge in [-0.15, -0.1) is 0 Å². The van der Waals surface area contributed by atoms with E-state index in [1.54, 1.807) is 0 Å². The molecule has 0 bridgehead atoms. The summed E-state index contributed by atoms with van der Waals surface area (Å²) in [5.41, 5.74) is 0. The van der Waals surface area contributed by atoms with E-state index in [0.29, 0.717) is 0 Å². The summed E-state index contributed by atoms with van der Waals surface area (Å²) in [5, 5.41) is 0. The Morgan fingerprint density at radius 3 is 2.08 bits per heavy atom. The van der Waals surface area contributed by atoms with E-state index in [0.717, 1.165) is 25.2 Å². The molecule has 0 saturated carbocycles. The van der Waals surface area contributed by atoms with Gasteiger partial charge in [-0.25, -0.2) is 0 Å². The van der Waals surface area contributed by atoms with E-state index in [1.807, 2.05) is 0 Å². The lowest BCUT2D eigenvalue weighted by Crippen LogP contribution is -1.83. The van der Waals surface area contributed by atoms with Gasteiger partial charge in [-0.3, -0.25) is 0 Å². The Morgan fingerprint density at radius 2 is 1.58 bits per heavy atom. The van der Waals surface area contributed by atoms with Crippen molar-refractivity contribution in [2.75, 3.05) is 0 Å². The van der Waals surface area contributed by atoms with Crippen molar-refractivity contribution >= 4 is 0 Å². The summed E-state index contributed by atoms with van der Waals surface area (Å²) in [4.78, 5) is 0. The molecule has 0 aromatic rings. The molecule has 0 spiro atoms. The second-order valence-corrected chi connectivity index (χ2v) is 3.29. The van der Waals surface area contributed by atoms with E-state index in [4.69, 9.17) is 0 Å². The van der Waals surface area contributed by atoms with E-state index in [-0.39, 0.29) is 0 Å². The van der Waals surface area contributed by atoms with Crippen LogP contribution in [0, 0.1) is 29.6 Å². The third-order valence-electron chi connectivity index (χ3n) is 1.46. The second kappa shape index (κ2) is 8.22. The summed E-state index contributed by atoms with van der Waals surface area (Å²) < 4.78 is 0. The third-order valence-corrected chi connectivity index (χ3v) is 1.46. The second-order valence-electron chi connectivity index (χ2n) is 3.29. The quantitative estimate of drug-likeness (QED) is 0.559. The molecule has 0 radical (unpaired) electrons. The van der Waals surface area contributed by atoms with Gasteiger partial charge in [-0.2, -0.15) is 0 Å². The zero-order valence-electron chi connectivity index (χ0n) is 8.41. The van der Waals surface area contributed by atoms with Crippen molar-refractivity contribution in [3.63, 3.8) is 0 Å². The van der Waals surface area contributed by atoms with E-state index < -0.39 is 0 Å². The Balaban J connectivity index is 3.42. The van der Waals surface area contributed by atoms with Gasteiger partial charge in [-0.05, 0) is 30.6 Å². The van der Waals surface area contributed by atoms with E-state index in [2.05, 4.69) is 44.5 Å². The molecule has 0 amide bonds. The summed E-state index contributed by atoms with van der Waals surface area (Å²) in [5.74, 6) is 12.5. The van der Waals surface area contributed by atoms with E-state index >= 15 is 0 Å². The molecule has 0 aromatic heterocycles. The van der Waals surface area contributed by atoms with Gasteiger partial charge >= 0.3 is 0 Å². The average molecular weight is 162 g/mol. The zero-order valence-corrected chi connectivity index (χ0v) is 8.41. The normalized spacial score (nSPS) is 8.33. The summed E-state index contributed by atoms with van der Waals surface area (Å²) in [6, 6.07) is 0. The monoisotopic (exact) mass is 162 g/mol. The smallest absolute Gasteiger partial charge is 0.0101 e. The van der Waals surface area contributed by atoms with Gasteiger partial charge in [0.25, 0.3) is 0 Å². The summed E-state index contributed by atoms with van der Waals surface area (Å²) in [6.07, 6.45) is 4.26. The van der Waals surface area contributed by atoms with Crippen LogP contribution in [-0.4, -0.2) is 0 Å². The predicted octanol–water partition coefficient (Wildman–Crippen LogP) is 3.23. The van der Waals surface area contributed by atoms with Gasteiger partial charge in [0.1, 0.15) is 0 Å². The topological polar surface area (TPSA) is 0 Å². The predicted molar refractivity (Wildman–Crippen MR) is 54.5 cm³/mol. The maximum Gasteiger partial charge on any atom is 0.0101 e. The van der Waals surface area contributed by atoms with Gasteiger partial charge in [0.15, 0.2) is 0 Å². The summed E-state index contributed by atoms with van der Waals surface area (Å²) in [7, 11) is 0. The van der Waals surface area contributed by atoms with Gasteiger partial charge in [-0.1, -0.05) is 32.6 Å². The molecule has 12 heavy (non-hydrogen) atoms. The van der Waals surface area contributed by atoms with Gasteiger partial charge in [0.05, 0.1) is 0 Å². The first-order valence-electron chi connectivity index (χ1n) is 4.73. The molecule has 0 aliphatic heterocycles. The number of rotatable bonds is 3. The van der Waals surface area contributed by atoms with E-state index in [9.17, 15) is 0 Å². The lowest BCUT2D eigenvalue weighted by Gasteiger charge is -1.95. The Bertz CT molecular complexity index is 202. The number of hydrogen-bond donors (Lipinski definition) is 0. The molecule has 0 nitrogen and oxygen atoms in total. The van der Waals surface area contributed by atoms with Crippen molar-refractivity contribution in [3.05, 3.63) is 0 Å². The first-order valence-corrected chi connectivity index (χ1v) is 4.73. The molecule has 0 fully saturated rings. The third kappa shape index (κ3) is 9.12. The lowest BCUT2D eigenvalue weighted by atomic mass is 10.1. The molecule has 0 rings (SSSR count). The first-order chi connectivity index (χ1) is 5.77. The molecular weight excluding hydrogens is 144 g/mol. The molecule has 0 saturated heterocycles. The molecule has 0 aromatic carbocycles. The Morgan fingerprint density at radius 1 is 1.00 bits per heavy atom. The first kappa shape index (κ1) is 11.1. The highest BCUT2D eigenvalue weighted by Gasteiger charge is 1.88. The van der Waals surface area contributed by atoms with Crippen LogP contribution in [0.5, 0.6) is 0 Å². The number of hydrogen-bond acceptors (Lipinski definition) is 0. The minimum Gasteiger partial charge on any atom is -0.0891 e. The van der Waals surface area contributed by atoms with Gasteiger partial charge in [0, 0.05) is 12.8 Å². The highest BCUT2D eigenvalue weighted by molar-refractivity contribution is 5.25. The van der Waals surface area contributed by atoms with Crippen LogP contribution in [0.2, 0.25) is 0 Å². The molecule has 0 atom stereocenters. The highest BCUT2D eigenvalue weighted by Crippen LogP contribution is 2.00. The molecule has 66 valence electrons. The Labute approximate surface area is 76.8 Å². The van der Waals surface area contributed by atoms with Crippen LogP contribution >= 0.6 is 0 Å². The fraction of sp³-hybridized carbons (Fsp3) is 0.667. The fourth-order valence-electron chi connectivity index (χ4n) is 0.699. The SMILES string of the molecule is CCCC#CC#CCCC(C)C. The van der Waals surface area contributed by atoms with Crippen molar-refractivity contribution in [1.29, 1.82) is 0 Å². The maximum absolute atomic E-state index is 3.05. The van der Waals surface area contributed by atoms with Gasteiger partial charge in [0.2, 0.25) is 0 Å². The lowest BCUT2D eigenvalue weighted by molar-refractivity contribution is 0.600. The maximum atomic E-state index is 3.05. The van der Waals surface area contributed by atoms with Crippen LogP contribution in [0.25, 0.3) is 0 Å². The van der Waals surface area contributed by atoms with E-state index in [1.165, 1.54) is 6.42 Å². The van der Waals surface area contributed by atoms with Crippen molar-refractivity contribution in [2.45, 2.75) is 46.5 Å². The Hall–Kier alpha value is -0.880. The minimum absolute atomic E-state index is 0.753. The molecular formula is C12H18. The van der Waals surface area contributed by atoms with Crippen molar-refractivity contribution < 1.29 is 0 Å². The number of unbranched alkanes of at least 4 members (excludes halogenated alkanes) is 1. The van der Waals surface area contributed by atoms with Crippen molar-refractivity contribution in [3.8, 4) is 23.7 Å². The Kier molecular flexibility index (Phi) is 7.62. The molecule has 0 aliphatic carbocycles. The molecule has 0 N–H and O–H groups in total. The van der Waals surface area contributed by atoms with Crippen LogP contribution in [0.4, 0.5) is 0 Å². The van der Waals surface area contributed by atoms with Crippen molar-refractivity contribution in [2.24, 2.45) is 5.92 Å². The minimum atomic E-state index is 0.753. The fourth-order valence-corrected chi connectivity index (χ4v) is 0.699. The highest BCUT2D eigenvalue weighted by atomic mass is 13.9. The molecule has 0 unspecified atom stereocenters.